The summed E-state index contributed by atoms with van der Waals surface area (Å²) in [4.78, 5) is 11.8. The highest BCUT2D eigenvalue weighted by Gasteiger charge is 2.32. The summed E-state index contributed by atoms with van der Waals surface area (Å²) in [5, 5.41) is 3.32. The first kappa shape index (κ1) is 12.7. The number of nitrogen functional groups attached to an aromatic ring is 1. The van der Waals surface area contributed by atoms with Crippen LogP contribution >= 0.6 is 0 Å². The van der Waals surface area contributed by atoms with Crippen molar-refractivity contribution in [3.63, 3.8) is 0 Å². The van der Waals surface area contributed by atoms with Crippen LogP contribution in [-0.4, -0.2) is 19.1 Å². The van der Waals surface area contributed by atoms with E-state index in [1.807, 2.05) is 6.07 Å². The second-order valence-corrected chi connectivity index (χ2v) is 4.88. The van der Waals surface area contributed by atoms with Gasteiger partial charge in [-0.05, 0) is 43.4 Å². The smallest absolute Gasteiger partial charge is 0.340 e. The molecule has 18 heavy (non-hydrogen) atoms. The molecule has 0 aliphatic heterocycles. The van der Waals surface area contributed by atoms with Crippen LogP contribution in [0.1, 0.15) is 30.6 Å². The van der Waals surface area contributed by atoms with Crippen molar-refractivity contribution in [3.8, 4) is 0 Å². The molecular formula is C14H20N2O2. The minimum Gasteiger partial charge on any atom is -0.462 e. The van der Waals surface area contributed by atoms with E-state index in [0.29, 0.717) is 17.9 Å². The van der Waals surface area contributed by atoms with Gasteiger partial charge in [-0.2, -0.15) is 0 Å². The molecule has 0 saturated heterocycles. The van der Waals surface area contributed by atoms with E-state index in [4.69, 9.17) is 10.5 Å². The minimum atomic E-state index is -0.323. The third kappa shape index (κ3) is 2.94. The fraction of sp³-hybridized carbons (Fsp3) is 0.500. The molecule has 1 saturated carbocycles. The SMILES string of the molecule is CCOC(=O)c1cc(N)ccc1NCC1CC1C. The molecule has 4 heteroatoms. The molecule has 1 aliphatic carbocycles. The summed E-state index contributed by atoms with van der Waals surface area (Å²) >= 11 is 0. The van der Waals surface area contributed by atoms with Gasteiger partial charge in [0.05, 0.1) is 12.2 Å². The Morgan fingerprint density at radius 3 is 2.89 bits per heavy atom. The monoisotopic (exact) mass is 248 g/mol. The highest BCUT2D eigenvalue weighted by molar-refractivity contribution is 5.96. The molecule has 0 heterocycles. The van der Waals surface area contributed by atoms with Crippen LogP contribution in [0.4, 0.5) is 11.4 Å². The third-order valence-electron chi connectivity index (χ3n) is 3.37. The minimum absolute atomic E-state index is 0.323. The van der Waals surface area contributed by atoms with E-state index < -0.39 is 0 Å². The average Bonchev–Trinajstić information content (AvgIpc) is 3.04. The maximum Gasteiger partial charge on any atom is 0.340 e. The lowest BCUT2D eigenvalue weighted by Crippen LogP contribution is -2.12. The molecule has 0 radical (unpaired) electrons. The average molecular weight is 248 g/mol. The summed E-state index contributed by atoms with van der Waals surface area (Å²) in [5.74, 6) is 1.19. The molecule has 98 valence electrons. The number of anilines is 2. The molecular weight excluding hydrogens is 228 g/mol. The predicted octanol–water partition coefficient (Wildman–Crippen LogP) is 2.51. The van der Waals surface area contributed by atoms with E-state index in [1.165, 1.54) is 6.42 Å². The lowest BCUT2D eigenvalue weighted by atomic mass is 10.1. The van der Waals surface area contributed by atoms with Gasteiger partial charge in [0, 0.05) is 17.9 Å². The van der Waals surface area contributed by atoms with Gasteiger partial charge in [-0.3, -0.25) is 0 Å². The Morgan fingerprint density at radius 1 is 1.56 bits per heavy atom. The van der Waals surface area contributed by atoms with Crippen molar-refractivity contribution < 1.29 is 9.53 Å². The van der Waals surface area contributed by atoms with Gasteiger partial charge in [-0.15, -0.1) is 0 Å². The summed E-state index contributed by atoms with van der Waals surface area (Å²) in [6.45, 7) is 5.30. The van der Waals surface area contributed by atoms with Crippen LogP contribution in [0.5, 0.6) is 0 Å². The molecule has 1 aliphatic rings. The molecule has 1 fully saturated rings. The fourth-order valence-electron chi connectivity index (χ4n) is 2.02. The molecule has 0 bridgehead atoms. The lowest BCUT2D eigenvalue weighted by Gasteiger charge is -2.12. The summed E-state index contributed by atoms with van der Waals surface area (Å²) in [6, 6.07) is 5.30. The van der Waals surface area contributed by atoms with Crippen LogP contribution in [0.3, 0.4) is 0 Å². The van der Waals surface area contributed by atoms with E-state index in [-0.39, 0.29) is 5.97 Å². The van der Waals surface area contributed by atoms with Gasteiger partial charge in [0.1, 0.15) is 0 Å². The van der Waals surface area contributed by atoms with Crippen LogP contribution in [-0.2, 0) is 4.74 Å². The summed E-state index contributed by atoms with van der Waals surface area (Å²) < 4.78 is 5.03. The van der Waals surface area contributed by atoms with Crippen molar-refractivity contribution >= 4 is 17.3 Å². The number of hydrogen-bond acceptors (Lipinski definition) is 4. The number of esters is 1. The molecule has 0 aromatic heterocycles. The van der Waals surface area contributed by atoms with Gasteiger partial charge >= 0.3 is 5.97 Å². The zero-order chi connectivity index (χ0) is 13.1. The van der Waals surface area contributed by atoms with Crippen LogP contribution in [0.15, 0.2) is 18.2 Å². The number of benzene rings is 1. The second kappa shape index (κ2) is 5.29. The molecule has 0 spiro atoms. The summed E-state index contributed by atoms with van der Waals surface area (Å²) in [7, 11) is 0. The third-order valence-corrected chi connectivity index (χ3v) is 3.37. The van der Waals surface area contributed by atoms with Crippen molar-refractivity contribution in [1.29, 1.82) is 0 Å². The van der Waals surface area contributed by atoms with Crippen LogP contribution in [0, 0.1) is 11.8 Å². The standard InChI is InChI=1S/C14H20N2O2/c1-3-18-14(17)12-7-11(15)4-5-13(12)16-8-10-6-9(10)2/h4-5,7,9-10,16H,3,6,8,15H2,1-2H3. The number of nitrogens with two attached hydrogens (primary N) is 1. The van der Waals surface area contributed by atoms with E-state index in [1.54, 1.807) is 19.1 Å². The maximum atomic E-state index is 11.8. The van der Waals surface area contributed by atoms with Crippen LogP contribution in [0.2, 0.25) is 0 Å². The Hall–Kier alpha value is -1.71. The Bertz CT molecular complexity index is 445. The van der Waals surface area contributed by atoms with Crippen LogP contribution in [0.25, 0.3) is 0 Å². The Balaban J connectivity index is 2.09. The molecule has 2 unspecified atom stereocenters. The van der Waals surface area contributed by atoms with Crippen molar-refractivity contribution in [1.82, 2.24) is 0 Å². The first-order valence-electron chi connectivity index (χ1n) is 6.42. The van der Waals surface area contributed by atoms with E-state index in [9.17, 15) is 4.79 Å². The summed E-state index contributed by atoms with van der Waals surface area (Å²) in [6.07, 6.45) is 1.26. The normalized spacial score (nSPS) is 21.4. The van der Waals surface area contributed by atoms with Crippen molar-refractivity contribution in [2.24, 2.45) is 11.8 Å². The predicted molar refractivity (Wildman–Crippen MR) is 72.6 cm³/mol. The van der Waals surface area contributed by atoms with Crippen LogP contribution < -0.4 is 11.1 Å². The van der Waals surface area contributed by atoms with Crippen molar-refractivity contribution in [3.05, 3.63) is 23.8 Å². The van der Waals surface area contributed by atoms with Gasteiger partial charge in [0.15, 0.2) is 0 Å². The first-order chi connectivity index (χ1) is 8.61. The molecule has 2 rings (SSSR count). The highest BCUT2D eigenvalue weighted by Crippen LogP contribution is 2.37. The zero-order valence-corrected chi connectivity index (χ0v) is 10.9. The van der Waals surface area contributed by atoms with Gasteiger partial charge in [-0.25, -0.2) is 4.79 Å². The maximum absolute atomic E-state index is 11.8. The molecule has 3 N–H and O–H groups in total. The van der Waals surface area contributed by atoms with E-state index >= 15 is 0 Å². The van der Waals surface area contributed by atoms with Crippen molar-refractivity contribution in [2.45, 2.75) is 20.3 Å². The van der Waals surface area contributed by atoms with Crippen molar-refractivity contribution in [2.75, 3.05) is 24.2 Å². The fourth-order valence-corrected chi connectivity index (χ4v) is 2.02. The second-order valence-electron chi connectivity index (χ2n) is 4.88. The van der Waals surface area contributed by atoms with Gasteiger partial charge in [0.25, 0.3) is 0 Å². The molecule has 2 atom stereocenters. The Labute approximate surface area is 108 Å². The Kier molecular flexibility index (Phi) is 3.75. The highest BCUT2D eigenvalue weighted by atomic mass is 16.5. The van der Waals surface area contributed by atoms with Gasteiger partial charge < -0.3 is 15.8 Å². The lowest BCUT2D eigenvalue weighted by molar-refractivity contribution is 0.0527. The largest absolute Gasteiger partial charge is 0.462 e. The topological polar surface area (TPSA) is 64.3 Å². The molecule has 4 nitrogen and oxygen atoms in total. The number of hydrogen-bond donors (Lipinski definition) is 2. The number of carbonyl (C=O) groups excluding carboxylic acids is 1. The first-order valence-corrected chi connectivity index (χ1v) is 6.42. The molecule has 1 aromatic carbocycles. The van der Waals surface area contributed by atoms with Gasteiger partial charge in [0.2, 0.25) is 0 Å². The number of rotatable bonds is 5. The van der Waals surface area contributed by atoms with Gasteiger partial charge in [-0.1, -0.05) is 6.92 Å². The number of ether oxygens (including phenoxy) is 1. The quantitative estimate of drug-likeness (QED) is 0.620. The van der Waals surface area contributed by atoms with E-state index in [2.05, 4.69) is 12.2 Å². The summed E-state index contributed by atoms with van der Waals surface area (Å²) in [5.41, 5.74) is 7.61. The van der Waals surface area contributed by atoms with E-state index in [0.717, 1.165) is 24.1 Å². The molecule has 1 aromatic rings. The molecule has 0 amide bonds. The zero-order valence-electron chi connectivity index (χ0n) is 10.9. The Morgan fingerprint density at radius 2 is 2.28 bits per heavy atom. The number of carbonyl (C=O) groups is 1. The number of nitrogens with one attached hydrogen (secondary N) is 1.